The van der Waals surface area contributed by atoms with Gasteiger partial charge in [0.2, 0.25) is 0 Å². The third kappa shape index (κ3) is 4.33. The number of carboxylic acids is 1. The first-order valence-electron chi connectivity index (χ1n) is 7.73. The molecule has 1 aromatic carbocycles. The van der Waals surface area contributed by atoms with E-state index in [2.05, 4.69) is 15.6 Å². The Kier molecular flexibility index (Phi) is 6.08. The van der Waals surface area contributed by atoms with Gasteiger partial charge in [-0.1, -0.05) is 30.2 Å². The highest BCUT2D eigenvalue weighted by Crippen LogP contribution is 2.20. The minimum atomic E-state index is -0.955. The molecular formula is C16H18ClFN4O3. The van der Waals surface area contributed by atoms with E-state index in [1.54, 1.807) is 6.92 Å². The van der Waals surface area contributed by atoms with E-state index < -0.39 is 23.6 Å². The molecule has 0 radical (unpaired) electrons. The molecule has 0 spiro atoms. The first kappa shape index (κ1) is 18.9. The van der Waals surface area contributed by atoms with Gasteiger partial charge in [-0.2, -0.15) is 0 Å². The van der Waals surface area contributed by atoms with E-state index in [-0.39, 0.29) is 17.3 Å². The van der Waals surface area contributed by atoms with E-state index in [0.29, 0.717) is 24.2 Å². The minimum absolute atomic E-state index is 0.0106. The van der Waals surface area contributed by atoms with Crippen molar-refractivity contribution < 1.29 is 19.1 Å². The maximum absolute atomic E-state index is 13.3. The summed E-state index contributed by atoms with van der Waals surface area (Å²) in [7, 11) is 0. The SMILES string of the molecule is CCCC(CNC(=O)c1nnn(-c2ccc(F)c(Cl)c2)c1C)C(=O)O. The topological polar surface area (TPSA) is 97.1 Å². The number of hydrogen-bond acceptors (Lipinski definition) is 4. The van der Waals surface area contributed by atoms with Crippen LogP contribution in [0.25, 0.3) is 5.69 Å². The van der Waals surface area contributed by atoms with Gasteiger partial charge in [0, 0.05) is 6.54 Å². The number of halogens is 2. The third-order valence-corrected chi connectivity index (χ3v) is 4.04. The van der Waals surface area contributed by atoms with Crippen molar-refractivity contribution in [3.63, 3.8) is 0 Å². The summed E-state index contributed by atoms with van der Waals surface area (Å²) in [5.74, 6) is -2.68. The van der Waals surface area contributed by atoms with E-state index in [0.717, 1.165) is 0 Å². The predicted molar refractivity (Wildman–Crippen MR) is 89.4 cm³/mol. The van der Waals surface area contributed by atoms with Crippen molar-refractivity contribution in [1.29, 1.82) is 0 Å². The van der Waals surface area contributed by atoms with Crippen molar-refractivity contribution in [2.45, 2.75) is 26.7 Å². The summed E-state index contributed by atoms with van der Waals surface area (Å²) in [5.41, 5.74) is 0.966. The maximum Gasteiger partial charge on any atom is 0.308 e. The van der Waals surface area contributed by atoms with Crippen LogP contribution in [-0.2, 0) is 4.79 Å². The number of carbonyl (C=O) groups is 2. The molecule has 1 heterocycles. The normalized spacial score (nSPS) is 12.0. The number of nitrogens with one attached hydrogen (secondary N) is 1. The largest absolute Gasteiger partial charge is 0.481 e. The van der Waals surface area contributed by atoms with Gasteiger partial charge in [0.05, 0.1) is 22.3 Å². The van der Waals surface area contributed by atoms with Crippen LogP contribution in [0.3, 0.4) is 0 Å². The summed E-state index contributed by atoms with van der Waals surface area (Å²) in [6.45, 7) is 3.52. The molecule has 1 unspecified atom stereocenters. The number of amides is 1. The maximum atomic E-state index is 13.3. The smallest absolute Gasteiger partial charge is 0.308 e. The lowest BCUT2D eigenvalue weighted by molar-refractivity contribution is -0.141. The molecule has 0 aliphatic carbocycles. The van der Waals surface area contributed by atoms with Gasteiger partial charge >= 0.3 is 5.97 Å². The number of carbonyl (C=O) groups excluding carboxylic acids is 1. The number of nitrogens with zero attached hydrogens (tertiary/aromatic N) is 3. The monoisotopic (exact) mass is 368 g/mol. The zero-order valence-corrected chi connectivity index (χ0v) is 14.5. The first-order chi connectivity index (χ1) is 11.8. The Morgan fingerprint density at radius 1 is 1.44 bits per heavy atom. The van der Waals surface area contributed by atoms with Crippen molar-refractivity contribution in [1.82, 2.24) is 20.3 Å². The zero-order chi connectivity index (χ0) is 18.6. The molecule has 1 aromatic heterocycles. The quantitative estimate of drug-likeness (QED) is 0.782. The molecule has 9 heteroatoms. The summed E-state index contributed by atoms with van der Waals surface area (Å²) >= 11 is 5.76. The van der Waals surface area contributed by atoms with Gasteiger partial charge in [-0.25, -0.2) is 9.07 Å². The lowest BCUT2D eigenvalue weighted by Gasteiger charge is -2.11. The molecule has 0 aliphatic rings. The van der Waals surface area contributed by atoms with Crippen LogP contribution in [0.5, 0.6) is 0 Å². The predicted octanol–water partition coefficient (Wildman–Crippen LogP) is 2.60. The molecule has 2 aromatic rings. The van der Waals surface area contributed by atoms with Crippen LogP contribution < -0.4 is 5.32 Å². The Hall–Kier alpha value is -2.48. The molecule has 0 bridgehead atoms. The Morgan fingerprint density at radius 2 is 2.16 bits per heavy atom. The summed E-state index contributed by atoms with van der Waals surface area (Å²) < 4.78 is 14.6. The fraction of sp³-hybridized carbons (Fsp3) is 0.375. The number of hydrogen-bond donors (Lipinski definition) is 2. The Morgan fingerprint density at radius 3 is 2.76 bits per heavy atom. The molecule has 25 heavy (non-hydrogen) atoms. The van der Waals surface area contributed by atoms with Crippen LogP contribution >= 0.6 is 11.6 Å². The van der Waals surface area contributed by atoms with Crippen LogP contribution in [0.15, 0.2) is 18.2 Å². The lowest BCUT2D eigenvalue weighted by Crippen LogP contribution is -2.33. The van der Waals surface area contributed by atoms with Crippen LogP contribution in [0.4, 0.5) is 4.39 Å². The van der Waals surface area contributed by atoms with E-state index >= 15 is 0 Å². The summed E-state index contributed by atoms with van der Waals surface area (Å²) in [6.07, 6.45) is 1.17. The molecular weight excluding hydrogens is 351 g/mol. The van der Waals surface area contributed by atoms with E-state index in [1.807, 2.05) is 6.92 Å². The van der Waals surface area contributed by atoms with Crippen molar-refractivity contribution in [2.75, 3.05) is 6.54 Å². The van der Waals surface area contributed by atoms with Gasteiger partial charge in [0.25, 0.3) is 5.91 Å². The minimum Gasteiger partial charge on any atom is -0.481 e. The molecule has 0 fully saturated rings. The highest BCUT2D eigenvalue weighted by atomic mass is 35.5. The van der Waals surface area contributed by atoms with E-state index in [4.69, 9.17) is 16.7 Å². The number of benzene rings is 1. The molecule has 0 saturated carbocycles. The van der Waals surface area contributed by atoms with Gasteiger partial charge in [-0.05, 0) is 31.5 Å². The molecule has 7 nitrogen and oxygen atoms in total. The molecule has 1 amide bonds. The van der Waals surface area contributed by atoms with Gasteiger partial charge in [0.15, 0.2) is 5.69 Å². The van der Waals surface area contributed by atoms with Crippen LogP contribution in [0.1, 0.15) is 35.9 Å². The average molecular weight is 369 g/mol. The van der Waals surface area contributed by atoms with Gasteiger partial charge in [0.1, 0.15) is 5.82 Å². The number of carboxylic acid groups (broad SMARTS) is 1. The second-order valence-electron chi connectivity index (χ2n) is 5.57. The molecule has 0 saturated heterocycles. The number of rotatable bonds is 7. The summed E-state index contributed by atoms with van der Waals surface area (Å²) in [5, 5.41) is 19.3. The zero-order valence-electron chi connectivity index (χ0n) is 13.8. The van der Waals surface area contributed by atoms with E-state index in [1.165, 1.54) is 22.9 Å². The standard InChI is InChI=1S/C16H18ClFN4O3/c1-3-4-10(16(24)25)8-19-15(23)14-9(2)22(21-20-14)11-5-6-13(18)12(17)7-11/h5-7,10H,3-4,8H2,1-2H3,(H,19,23)(H,24,25). The highest BCUT2D eigenvalue weighted by molar-refractivity contribution is 6.30. The fourth-order valence-electron chi connectivity index (χ4n) is 2.36. The highest BCUT2D eigenvalue weighted by Gasteiger charge is 2.21. The molecule has 0 aliphatic heterocycles. The van der Waals surface area contributed by atoms with Gasteiger partial charge < -0.3 is 10.4 Å². The summed E-state index contributed by atoms with van der Waals surface area (Å²) in [4.78, 5) is 23.4. The summed E-state index contributed by atoms with van der Waals surface area (Å²) in [6, 6.07) is 4.04. The average Bonchev–Trinajstić information content (AvgIpc) is 2.95. The first-order valence-corrected chi connectivity index (χ1v) is 8.11. The second kappa shape index (κ2) is 8.06. The van der Waals surface area contributed by atoms with Gasteiger partial charge in [-0.15, -0.1) is 5.10 Å². The lowest BCUT2D eigenvalue weighted by atomic mass is 10.0. The molecule has 2 N–H and O–H groups in total. The van der Waals surface area contributed by atoms with Crippen LogP contribution in [0, 0.1) is 18.7 Å². The molecule has 134 valence electrons. The van der Waals surface area contributed by atoms with Crippen molar-refractivity contribution in [3.8, 4) is 5.69 Å². The Labute approximate surface area is 148 Å². The molecule has 2 rings (SSSR count). The Balaban J connectivity index is 2.15. The van der Waals surface area contributed by atoms with Gasteiger partial charge in [-0.3, -0.25) is 9.59 Å². The fourth-order valence-corrected chi connectivity index (χ4v) is 2.54. The van der Waals surface area contributed by atoms with Crippen LogP contribution in [-0.4, -0.2) is 38.5 Å². The third-order valence-electron chi connectivity index (χ3n) is 3.75. The van der Waals surface area contributed by atoms with Crippen molar-refractivity contribution in [2.24, 2.45) is 5.92 Å². The number of aromatic nitrogens is 3. The number of aliphatic carboxylic acids is 1. The van der Waals surface area contributed by atoms with Crippen LogP contribution in [0.2, 0.25) is 5.02 Å². The molecule has 1 atom stereocenters. The van der Waals surface area contributed by atoms with E-state index in [9.17, 15) is 14.0 Å². The Bertz CT molecular complexity index is 794. The second-order valence-corrected chi connectivity index (χ2v) is 5.97. The van der Waals surface area contributed by atoms with Crippen molar-refractivity contribution in [3.05, 3.63) is 40.4 Å². The van der Waals surface area contributed by atoms with Crippen molar-refractivity contribution >= 4 is 23.5 Å².